The number of nitrogens with one attached hydrogen (secondary N) is 1. The lowest BCUT2D eigenvalue weighted by Crippen LogP contribution is -2.29. The van der Waals surface area contributed by atoms with Crippen LogP contribution in [0.25, 0.3) is 0 Å². The summed E-state index contributed by atoms with van der Waals surface area (Å²) in [6, 6.07) is 6.22. The lowest BCUT2D eigenvalue weighted by Gasteiger charge is -2.25. The molecule has 2 rings (SSSR count). The highest BCUT2D eigenvalue weighted by molar-refractivity contribution is 7.85. The van der Waals surface area contributed by atoms with Crippen LogP contribution in [-0.4, -0.2) is 35.0 Å². The van der Waals surface area contributed by atoms with E-state index in [2.05, 4.69) is 5.32 Å². The van der Waals surface area contributed by atoms with Gasteiger partial charge in [0.1, 0.15) is 11.5 Å². The monoisotopic (exact) mass is 297 g/mol. The molecule has 1 aliphatic heterocycles. The van der Waals surface area contributed by atoms with Gasteiger partial charge >= 0.3 is 0 Å². The average molecular weight is 297 g/mol. The minimum atomic E-state index is -0.631. The third-order valence-electron chi connectivity index (χ3n) is 3.31. The van der Waals surface area contributed by atoms with Crippen LogP contribution >= 0.6 is 0 Å². The van der Waals surface area contributed by atoms with E-state index in [9.17, 15) is 4.21 Å². The predicted octanol–water partition coefficient (Wildman–Crippen LogP) is 2.81. The summed E-state index contributed by atoms with van der Waals surface area (Å²) in [6.45, 7) is 5.23. The zero-order valence-corrected chi connectivity index (χ0v) is 13.0. The van der Waals surface area contributed by atoms with Crippen LogP contribution < -0.4 is 14.8 Å². The molecule has 0 aliphatic carbocycles. The Labute approximate surface area is 123 Å². The number of anilines is 1. The molecule has 1 fully saturated rings. The Kier molecular flexibility index (Phi) is 5.71. The Hall–Kier alpha value is -1.23. The first-order valence-corrected chi connectivity index (χ1v) is 8.73. The smallest absolute Gasteiger partial charge is 0.142 e. The van der Waals surface area contributed by atoms with Gasteiger partial charge in [0.2, 0.25) is 0 Å². The Bertz CT molecular complexity index is 454. The molecule has 1 aliphatic rings. The first-order chi connectivity index (χ1) is 9.72. The molecule has 1 aromatic carbocycles. The summed E-state index contributed by atoms with van der Waals surface area (Å²) >= 11 is 0. The van der Waals surface area contributed by atoms with Gasteiger partial charge in [-0.25, -0.2) is 0 Å². The fourth-order valence-electron chi connectivity index (χ4n) is 2.32. The summed E-state index contributed by atoms with van der Waals surface area (Å²) in [5.41, 5.74) is 0.968. The van der Waals surface area contributed by atoms with E-state index < -0.39 is 10.8 Å². The molecular weight excluding hydrogens is 274 g/mol. The van der Waals surface area contributed by atoms with Crippen molar-refractivity contribution >= 4 is 16.5 Å². The third-order valence-corrected chi connectivity index (χ3v) is 4.69. The molecule has 0 saturated carbocycles. The zero-order valence-electron chi connectivity index (χ0n) is 12.2. The second-order valence-corrected chi connectivity index (χ2v) is 6.49. The first-order valence-electron chi connectivity index (χ1n) is 7.24. The highest BCUT2D eigenvalue weighted by Crippen LogP contribution is 2.31. The third kappa shape index (κ3) is 4.13. The first kappa shape index (κ1) is 15.2. The van der Waals surface area contributed by atoms with Crippen LogP contribution in [-0.2, 0) is 10.8 Å². The normalized spacial score (nSPS) is 22.3. The topological polar surface area (TPSA) is 47.6 Å². The van der Waals surface area contributed by atoms with Crippen LogP contribution in [0.2, 0.25) is 0 Å². The van der Waals surface area contributed by atoms with Gasteiger partial charge in [-0.05, 0) is 38.8 Å². The van der Waals surface area contributed by atoms with E-state index in [0.29, 0.717) is 19.3 Å². The Morgan fingerprint density at radius 3 is 2.55 bits per heavy atom. The van der Waals surface area contributed by atoms with Crippen molar-refractivity contribution in [3.63, 3.8) is 0 Å². The van der Waals surface area contributed by atoms with Gasteiger partial charge in [-0.1, -0.05) is 0 Å². The lowest BCUT2D eigenvalue weighted by molar-refractivity contribution is 0.331. The van der Waals surface area contributed by atoms with Crippen molar-refractivity contribution in [3.05, 3.63) is 18.2 Å². The fraction of sp³-hybridized carbons (Fsp3) is 0.600. The maximum Gasteiger partial charge on any atom is 0.142 e. The van der Waals surface area contributed by atoms with E-state index in [1.807, 2.05) is 32.0 Å². The van der Waals surface area contributed by atoms with Gasteiger partial charge in [-0.3, -0.25) is 4.21 Å². The van der Waals surface area contributed by atoms with Gasteiger partial charge in [-0.2, -0.15) is 0 Å². The van der Waals surface area contributed by atoms with Crippen molar-refractivity contribution in [3.8, 4) is 11.5 Å². The fourth-order valence-corrected chi connectivity index (χ4v) is 3.62. The maximum absolute atomic E-state index is 11.4. The summed E-state index contributed by atoms with van der Waals surface area (Å²) in [7, 11) is -0.631. The summed E-state index contributed by atoms with van der Waals surface area (Å²) in [5.74, 6) is 3.26. The van der Waals surface area contributed by atoms with E-state index in [0.717, 1.165) is 41.5 Å². The van der Waals surface area contributed by atoms with Crippen molar-refractivity contribution in [2.75, 3.05) is 30.0 Å². The number of hydrogen-bond donors (Lipinski definition) is 1. The van der Waals surface area contributed by atoms with Crippen LogP contribution in [0.4, 0.5) is 5.69 Å². The molecule has 0 unspecified atom stereocenters. The number of benzene rings is 1. The van der Waals surface area contributed by atoms with Gasteiger partial charge in [-0.15, -0.1) is 0 Å². The largest absolute Gasteiger partial charge is 0.494 e. The van der Waals surface area contributed by atoms with Crippen LogP contribution in [0, 0.1) is 0 Å². The average Bonchev–Trinajstić information content (AvgIpc) is 2.45. The molecule has 1 N–H and O–H groups in total. The zero-order chi connectivity index (χ0) is 14.4. The second-order valence-electron chi connectivity index (χ2n) is 4.79. The van der Waals surface area contributed by atoms with Crippen molar-refractivity contribution in [2.24, 2.45) is 0 Å². The quantitative estimate of drug-likeness (QED) is 0.877. The minimum Gasteiger partial charge on any atom is -0.494 e. The molecule has 0 aromatic heterocycles. The van der Waals surface area contributed by atoms with Gasteiger partial charge < -0.3 is 14.8 Å². The van der Waals surface area contributed by atoms with E-state index in [1.165, 1.54) is 0 Å². The highest BCUT2D eigenvalue weighted by Gasteiger charge is 2.19. The molecule has 1 saturated heterocycles. The van der Waals surface area contributed by atoms with Crippen molar-refractivity contribution in [2.45, 2.75) is 32.7 Å². The molecule has 0 amide bonds. The maximum atomic E-state index is 11.4. The van der Waals surface area contributed by atoms with E-state index >= 15 is 0 Å². The summed E-state index contributed by atoms with van der Waals surface area (Å²) in [6.07, 6.45) is 1.88. The van der Waals surface area contributed by atoms with Gasteiger partial charge in [0.15, 0.2) is 0 Å². The SMILES string of the molecule is CCOc1ccc(OCC)c(NC2CCS(=O)CC2)c1. The number of hydrogen-bond acceptors (Lipinski definition) is 4. The van der Waals surface area contributed by atoms with Crippen molar-refractivity contribution in [1.29, 1.82) is 0 Å². The molecule has 0 spiro atoms. The number of ether oxygens (including phenoxy) is 2. The van der Waals surface area contributed by atoms with Crippen molar-refractivity contribution in [1.82, 2.24) is 0 Å². The standard InChI is InChI=1S/C15H23NO3S/c1-3-18-13-5-6-15(19-4-2)14(11-13)16-12-7-9-20(17)10-8-12/h5-6,11-12,16H,3-4,7-10H2,1-2H3. The van der Waals surface area contributed by atoms with Gasteiger partial charge in [0.05, 0.1) is 18.9 Å². The predicted molar refractivity (Wildman–Crippen MR) is 83.3 cm³/mol. The summed E-state index contributed by atoms with van der Waals surface area (Å²) in [4.78, 5) is 0. The van der Waals surface area contributed by atoms with Crippen molar-refractivity contribution < 1.29 is 13.7 Å². The summed E-state index contributed by atoms with van der Waals surface area (Å²) < 4.78 is 22.6. The highest BCUT2D eigenvalue weighted by atomic mass is 32.2. The van der Waals surface area contributed by atoms with Gasteiger partial charge in [0, 0.05) is 34.4 Å². The minimum absolute atomic E-state index is 0.365. The number of rotatable bonds is 6. The second kappa shape index (κ2) is 7.53. The molecule has 5 heteroatoms. The Morgan fingerprint density at radius 2 is 1.90 bits per heavy atom. The molecular formula is C15H23NO3S. The van der Waals surface area contributed by atoms with Crippen LogP contribution in [0.15, 0.2) is 18.2 Å². The molecule has 4 nitrogen and oxygen atoms in total. The van der Waals surface area contributed by atoms with E-state index in [-0.39, 0.29) is 0 Å². The van der Waals surface area contributed by atoms with Crippen LogP contribution in [0.3, 0.4) is 0 Å². The molecule has 1 aromatic rings. The molecule has 0 radical (unpaired) electrons. The van der Waals surface area contributed by atoms with Crippen LogP contribution in [0.5, 0.6) is 11.5 Å². The molecule has 0 bridgehead atoms. The molecule has 1 heterocycles. The Morgan fingerprint density at radius 1 is 1.20 bits per heavy atom. The van der Waals surface area contributed by atoms with Gasteiger partial charge in [0.25, 0.3) is 0 Å². The molecule has 20 heavy (non-hydrogen) atoms. The lowest BCUT2D eigenvalue weighted by atomic mass is 10.1. The summed E-state index contributed by atoms with van der Waals surface area (Å²) in [5, 5.41) is 3.51. The van der Waals surface area contributed by atoms with E-state index in [4.69, 9.17) is 9.47 Å². The van der Waals surface area contributed by atoms with E-state index in [1.54, 1.807) is 0 Å². The molecule has 0 atom stereocenters. The van der Waals surface area contributed by atoms with Crippen LogP contribution in [0.1, 0.15) is 26.7 Å². The Balaban J connectivity index is 2.10. The molecule has 112 valence electrons.